The molecule has 0 N–H and O–H groups in total. The summed E-state index contributed by atoms with van der Waals surface area (Å²) < 4.78 is 0.896. The maximum atomic E-state index is 10.9. The van der Waals surface area contributed by atoms with Crippen LogP contribution in [-0.2, 0) is 0 Å². The van der Waals surface area contributed by atoms with E-state index in [1.807, 2.05) is 0 Å². The van der Waals surface area contributed by atoms with Crippen LogP contribution in [0.1, 0.15) is 13.8 Å². The summed E-state index contributed by atoms with van der Waals surface area (Å²) in [4.78, 5) is 10.7. The molecule has 4 nitrogen and oxygen atoms in total. The zero-order valence-electron chi connectivity index (χ0n) is 5.80. The lowest BCUT2D eigenvalue weighted by Gasteiger charge is -2.34. The summed E-state index contributed by atoms with van der Waals surface area (Å²) in [6, 6.07) is -0.674. The highest BCUT2D eigenvalue weighted by molar-refractivity contribution is 6.21. The molecule has 1 rings (SSSR count). The first kappa shape index (κ1) is 7.63. The third-order valence-electron chi connectivity index (χ3n) is 1.46. The Bertz CT molecular complexity index is 171. The maximum Gasteiger partial charge on any atom is 0.324 e. The molecule has 1 aliphatic rings. The summed E-state index contributed by atoms with van der Waals surface area (Å²) in [6.07, 6.45) is 0. The van der Waals surface area contributed by atoms with E-state index in [1.165, 1.54) is 0 Å². The molecule has 58 valence electrons. The number of rotatable bonds is 0. The molecule has 0 spiro atoms. The lowest BCUT2D eigenvalue weighted by atomic mass is 10.1. The van der Waals surface area contributed by atoms with Gasteiger partial charge in [0.2, 0.25) is 0 Å². The number of nitrogens with zero attached hydrogens (tertiary/aromatic N) is 2. The smallest absolute Gasteiger partial charge is 0.324 e. The first-order valence-corrected chi connectivity index (χ1v) is 3.23. The van der Waals surface area contributed by atoms with E-state index in [2.05, 4.69) is 0 Å². The third kappa shape index (κ3) is 0.932. The summed E-state index contributed by atoms with van der Waals surface area (Å²) in [5.41, 5.74) is -0.682. The predicted molar refractivity (Wildman–Crippen MR) is 37.2 cm³/mol. The number of urea groups is 1. The lowest BCUT2D eigenvalue weighted by Crippen LogP contribution is -2.37. The second kappa shape index (κ2) is 2.00. The topological polar surface area (TPSA) is 46.6 Å². The minimum Gasteiger partial charge on any atom is -0.754 e. The van der Waals surface area contributed by atoms with Gasteiger partial charge in [0.25, 0.3) is 0 Å². The lowest BCUT2D eigenvalue weighted by molar-refractivity contribution is 0.204. The van der Waals surface area contributed by atoms with Gasteiger partial charge in [-0.2, -0.15) is 0 Å². The molecule has 0 aromatic carbocycles. The number of halogens is 1. The molecule has 1 saturated heterocycles. The Kier molecular flexibility index (Phi) is 1.53. The van der Waals surface area contributed by atoms with Crippen molar-refractivity contribution in [3.05, 3.63) is 5.21 Å². The van der Waals surface area contributed by atoms with Crippen LogP contribution in [0.3, 0.4) is 0 Å². The van der Waals surface area contributed by atoms with Crippen LogP contribution in [0.5, 0.6) is 0 Å². The van der Waals surface area contributed by atoms with Crippen molar-refractivity contribution in [3.8, 4) is 0 Å². The predicted octanol–water partition coefficient (Wildman–Crippen LogP) is 1.15. The van der Waals surface area contributed by atoms with Crippen LogP contribution in [-0.4, -0.2) is 27.6 Å². The van der Waals surface area contributed by atoms with E-state index in [4.69, 9.17) is 11.8 Å². The quantitative estimate of drug-likeness (QED) is 0.503. The molecule has 1 heterocycles. The number of carbonyl (C=O) groups is 1. The van der Waals surface area contributed by atoms with Crippen molar-refractivity contribution in [1.82, 2.24) is 9.48 Å². The number of hydrogen-bond acceptors (Lipinski definition) is 2. The number of carbonyl (C=O) groups excluding carboxylic acids is 1. The summed E-state index contributed by atoms with van der Waals surface area (Å²) in [5.74, 6) is 0. The highest BCUT2D eigenvalue weighted by Crippen LogP contribution is 2.25. The first-order chi connectivity index (χ1) is 4.45. The van der Waals surface area contributed by atoms with E-state index in [0.29, 0.717) is 5.06 Å². The van der Waals surface area contributed by atoms with Crippen molar-refractivity contribution in [1.29, 1.82) is 0 Å². The second-order valence-corrected chi connectivity index (χ2v) is 3.32. The summed E-state index contributed by atoms with van der Waals surface area (Å²) in [5, 5.41) is 11.3. The molecule has 0 saturated carbocycles. The minimum absolute atomic E-state index is 0.275. The molecule has 0 bridgehead atoms. The van der Waals surface area contributed by atoms with E-state index < -0.39 is 11.6 Å². The molecule has 5 heteroatoms. The summed E-state index contributed by atoms with van der Waals surface area (Å²) >= 11 is 5.38. The van der Waals surface area contributed by atoms with E-state index in [1.54, 1.807) is 13.8 Å². The van der Waals surface area contributed by atoms with Gasteiger partial charge in [0.15, 0.2) is 0 Å². The zero-order chi connectivity index (χ0) is 7.94. The van der Waals surface area contributed by atoms with Gasteiger partial charge in [-0.3, -0.25) is 0 Å². The molecular formula is C5H8ClN2O2-. The fourth-order valence-corrected chi connectivity index (χ4v) is 1.19. The van der Waals surface area contributed by atoms with Gasteiger partial charge in [0, 0.05) is 17.3 Å². The Hall–Kier alpha value is -0.480. The van der Waals surface area contributed by atoms with Crippen LogP contribution >= 0.6 is 11.8 Å². The average Bonchev–Trinajstić information content (AvgIpc) is 1.95. The van der Waals surface area contributed by atoms with Gasteiger partial charge in [-0.15, -0.1) is 0 Å². The molecule has 0 aliphatic carbocycles. The molecule has 0 aromatic rings. The molecule has 0 radical (unpaired) electrons. The number of hydrogen-bond donors (Lipinski definition) is 0. The van der Waals surface area contributed by atoms with Crippen LogP contribution < -0.4 is 0 Å². The summed E-state index contributed by atoms with van der Waals surface area (Å²) in [7, 11) is 0. The largest absolute Gasteiger partial charge is 0.754 e. The molecule has 0 atom stereocenters. The third-order valence-corrected chi connectivity index (χ3v) is 1.72. The fraction of sp³-hybridized carbons (Fsp3) is 0.800. The van der Waals surface area contributed by atoms with Crippen LogP contribution in [0.15, 0.2) is 0 Å². The van der Waals surface area contributed by atoms with Crippen molar-refractivity contribution in [2.45, 2.75) is 19.4 Å². The van der Waals surface area contributed by atoms with E-state index in [9.17, 15) is 10.0 Å². The van der Waals surface area contributed by atoms with Gasteiger partial charge in [-0.1, -0.05) is 0 Å². The average molecular weight is 164 g/mol. The molecule has 0 unspecified atom stereocenters. The monoisotopic (exact) mass is 163 g/mol. The van der Waals surface area contributed by atoms with Gasteiger partial charge in [-0.05, 0) is 13.8 Å². The van der Waals surface area contributed by atoms with Gasteiger partial charge in [0.1, 0.15) is 0 Å². The zero-order valence-corrected chi connectivity index (χ0v) is 6.55. The van der Waals surface area contributed by atoms with E-state index in [0.717, 1.165) is 4.42 Å². The standard InChI is InChI=1S/C5H8ClN2O2/c1-5(2)3-7(6)4(9)8(5)10/h3H2,1-2H3/q-1. The first-order valence-electron chi connectivity index (χ1n) is 2.90. The van der Waals surface area contributed by atoms with Gasteiger partial charge < -0.3 is 10.3 Å². The Morgan fingerprint density at radius 1 is 1.70 bits per heavy atom. The molecule has 2 amide bonds. The van der Waals surface area contributed by atoms with Crippen LogP contribution in [0.25, 0.3) is 0 Å². The van der Waals surface area contributed by atoms with E-state index in [-0.39, 0.29) is 6.54 Å². The van der Waals surface area contributed by atoms with Crippen LogP contribution in [0.2, 0.25) is 0 Å². The summed E-state index contributed by atoms with van der Waals surface area (Å²) in [6.45, 7) is 3.61. The normalized spacial score (nSPS) is 24.2. The molecular weight excluding hydrogens is 156 g/mol. The molecule has 1 fully saturated rings. The van der Waals surface area contributed by atoms with Gasteiger partial charge in [0.05, 0.1) is 6.54 Å². The Labute approximate surface area is 64.0 Å². The molecule has 1 aliphatic heterocycles. The number of hydroxylamine groups is 2. The van der Waals surface area contributed by atoms with E-state index >= 15 is 0 Å². The Morgan fingerprint density at radius 3 is 2.30 bits per heavy atom. The second-order valence-electron chi connectivity index (χ2n) is 2.91. The van der Waals surface area contributed by atoms with Crippen LogP contribution in [0.4, 0.5) is 4.79 Å². The van der Waals surface area contributed by atoms with Crippen LogP contribution in [0, 0.1) is 5.21 Å². The van der Waals surface area contributed by atoms with Gasteiger partial charge >= 0.3 is 6.03 Å². The Balaban J connectivity index is 2.81. The maximum absolute atomic E-state index is 10.9. The minimum atomic E-state index is -0.682. The van der Waals surface area contributed by atoms with Crippen molar-refractivity contribution >= 4 is 17.8 Å². The highest BCUT2D eigenvalue weighted by Gasteiger charge is 2.36. The number of amides is 2. The fourth-order valence-electron chi connectivity index (χ4n) is 0.829. The highest BCUT2D eigenvalue weighted by atomic mass is 35.5. The van der Waals surface area contributed by atoms with Crippen molar-refractivity contribution in [2.24, 2.45) is 0 Å². The van der Waals surface area contributed by atoms with Crippen molar-refractivity contribution in [2.75, 3.05) is 6.54 Å². The molecule has 10 heavy (non-hydrogen) atoms. The molecule has 0 aromatic heterocycles. The Morgan fingerprint density at radius 2 is 2.20 bits per heavy atom. The van der Waals surface area contributed by atoms with Crippen molar-refractivity contribution < 1.29 is 4.79 Å². The SMILES string of the molecule is CC1(C)CN(Cl)C(=O)N1[O-]. The van der Waals surface area contributed by atoms with Crippen molar-refractivity contribution in [3.63, 3.8) is 0 Å². The van der Waals surface area contributed by atoms with Gasteiger partial charge in [-0.25, -0.2) is 9.21 Å².